The Hall–Kier alpha value is -2.18. The van der Waals surface area contributed by atoms with Crippen molar-refractivity contribution in [3.05, 3.63) is 24.3 Å². The summed E-state index contributed by atoms with van der Waals surface area (Å²) in [5.74, 6) is -3.74. The van der Waals surface area contributed by atoms with Crippen LogP contribution in [0.3, 0.4) is 0 Å². The monoisotopic (exact) mass is 330 g/mol. The summed E-state index contributed by atoms with van der Waals surface area (Å²) in [5.41, 5.74) is -0.682. The molecule has 120 valence electrons. The van der Waals surface area contributed by atoms with Crippen molar-refractivity contribution in [2.24, 2.45) is 5.92 Å². The van der Waals surface area contributed by atoms with Gasteiger partial charge in [-0.05, 0) is 23.1 Å². The van der Waals surface area contributed by atoms with Gasteiger partial charge in [0.2, 0.25) is 5.66 Å². The van der Waals surface area contributed by atoms with Gasteiger partial charge >= 0.3 is 20.0 Å². The van der Waals surface area contributed by atoms with Gasteiger partial charge in [0.15, 0.2) is 0 Å². The quantitative estimate of drug-likeness (QED) is 0.428. The van der Waals surface area contributed by atoms with Crippen LogP contribution in [0.1, 0.15) is 12.8 Å². The lowest BCUT2D eigenvalue weighted by atomic mass is 9.99. The Morgan fingerprint density at radius 3 is 2.45 bits per heavy atom. The number of hydrogen-bond acceptors (Lipinski definition) is 5. The van der Waals surface area contributed by atoms with E-state index in [0.717, 1.165) is 0 Å². The standard InChI is InChI=1S/C13H16NO7P/c15-9-3-1-2-8(6-9)14-7-11(22(20)21)10(13(18)19)4-5-12(16)17/h1-3,6,10-11,14H,4-5,7H2,(H3-,15,16,17,18,19,20,21)/p+1. The number of benzene rings is 1. The molecule has 0 saturated carbocycles. The van der Waals surface area contributed by atoms with Crippen LogP contribution in [0.4, 0.5) is 5.69 Å². The summed E-state index contributed by atoms with van der Waals surface area (Å²) in [6.45, 7) is -0.133. The maximum Gasteiger partial charge on any atom is 0.511 e. The molecule has 22 heavy (non-hydrogen) atoms. The molecule has 0 amide bonds. The fraction of sp³-hybridized carbons (Fsp3) is 0.385. The molecule has 3 unspecified atom stereocenters. The van der Waals surface area contributed by atoms with Gasteiger partial charge in [-0.2, -0.15) is 4.89 Å². The summed E-state index contributed by atoms with van der Waals surface area (Å²) in [7, 11) is -2.82. The lowest BCUT2D eigenvalue weighted by molar-refractivity contribution is -0.142. The van der Waals surface area contributed by atoms with Crippen LogP contribution in [0.25, 0.3) is 0 Å². The van der Waals surface area contributed by atoms with E-state index in [9.17, 15) is 24.2 Å². The SMILES string of the molecule is O=C(O)CCC(C(=O)O)C(CNc1cccc(O)c1)[P+](=O)O. The molecule has 0 aliphatic heterocycles. The maximum absolute atomic E-state index is 11.4. The summed E-state index contributed by atoms with van der Waals surface area (Å²) in [6.07, 6.45) is -0.637. The molecule has 1 rings (SSSR count). The number of carbonyl (C=O) groups is 2. The number of phenolic OH excluding ortho intramolecular Hbond substituents is 1. The predicted octanol–water partition coefficient (Wildman–Crippen LogP) is 1.47. The lowest BCUT2D eigenvalue weighted by Crippen LogP contribution is -2.32. The lowest BCUT2D eigenvalue weighted by Gasteiger charge is -2.15. The van der Waals surface area contributed by atoms with E-state index in [0.29, 0.717) is 5.69 Å². The molecule has 0 aliphatic carbocycles. The van der Waals surface area contributed by atoms with Crippen molar-refractivity contribution in [2.45, 2.75) is 18.5 Å². The molecule has 1 aromatic rings. The molecule has 8 nitrogen and oxygen atoms in total. The molecule has 0 aromatic heterocycles. The molecular formula is C13H17NO7P+. The van der Waals surface area contributed by atoms with Crippen LogP contribution in [0.5, 0.6) is 5.75 Å². The summed E-state index contributed by atoms with van der Waals surface area (Å²) >= 11 is 0. The van der Waals surface area contributed by atoms with Crippen molar-refractivity contribution in [2.75, 3.05) is 11.9 Å². The molecular weight excluding hydrogens is 313 g/mol. The van der Waals surface area contributed by atoms with Crippen molar-refractivity contribution >= 4 is 25.7 Å². The van der Waals surface area contributed by atoms with Gasteiger partial charge in [-0.1, -0.05) is 6.07 Å². The maximum atomic E-state index is 11.4. The molecule has 1 aromatic carbocycles. The van der Waals surface area contributed by atoms with Gasteiger partial charge in [0, 0.05) is 18.2 Å². The van der Waals surface area contributed by atoms with Crippen molar-refractivity contribution < 1.29 is 34.4 Å². The van der Waals surface area contributed by atoms with Crippen molar-refractivity contribution in [3.63, 3.8) is 0 Å². The van der Waals surface area contributed by atoms with E-state index in [4.69, 9.17) is 10.2 Å². The van der Waals surface area contributed by atoms with E-state index in [-0.39, 0.29) is 18.7 Å². The van der Waals surface area contributed by atoms with Gasteiger partial charge in [-0.3, -0.25) is 9.59 Å². The Kier molecular flexibility index (Phi) is 6.75. The number of nitrogens with one attached hydrogen (secondary N) is 1. The van der Waals surface area contributed by atoms with Gasteiger partial charge in [0.05, 0.1) is 6.54 Å². The first kappa shape index (κ1) is 17.9. The minimum atomic E-state index is -2.82. The molecule has 0 radical (unpaired) electrons. The van der Waals surface area contributed by atoms with E-state index in [2.05, 4.69) is 5.32 Å². The predicted molar refractivity (Wildman–Crippen MR) is 78.2 cm³/mol. The minimum absolute atomic E-state index is 0.00408. The fourth-order valence-electron chi connectivity index (χ4n) is 1.97. The number of hydrogen-bond donors (Lipinski definition) is 5. The zero-order valence-electron chi connectivity index (χ0n) is 11.5. The molecule has 0 spiro atoms. The first-order chi connectivity index (χ1) is 10.3. The van der Waals surface area contributed by atoms with Gasteiger partial charge in [0.25, 0.3) is 0 Å². The van der Waals surface area contributed by atoms with Crippen molar-refractivity contribution in [1.29, 1.82) is 0 Å². The van der Waals surface area contributed by atoms with E-state index in [1.54, 1.807) is 12.1 Å². The molecule has 9 heteroatoms. The first-order valence-corrected chi connectivity index (χ1v) is 7.72. The smallest absolute Gasteiger partial charge is 0.508 e. The number of rotatable bonds is 9. The van der Waals surface area contributed by atoms with Gasteiger partial charge in [0.1, 0.15) is 11.7 Å². The highest BCUT2D eigenvalue weighted by Crippen LogP contribution is 2.32. The third-order valence-electron chi connectivity index (χ3n) is 3.10. The Labute approximate surface area is 127 Å². The summed E-state index contributed by atoms with van der Waals surface area (Å²) in [4.78, 5) is 31.1. The molecule has 5 N–H and O–H groups in total. The van der Waals surface area contributed by atoms with Gasteiger partial charge in [-0.25, -0.2) is 0 Å². The number of carboxylic acid groups (broad SMARTS) is 2. The van der Waals surface area contributed by atoms with Crippen LogP contribution >= 0.6 is 8.03 Å². The largest absolute Gasteiger partial charge is 0.511 e. The molecule has 0 bridgehead atoms. The second-order valence-corrected chi connectivity index (χ2v) is 5.95. The Morgan fingerprint density at radius 1 is 1.27 bits per heavy atom. The number of aliphatic carboxylic acids is 2. The summed E-state index contributed by atoms with van der Waals surface area (Å²) in [6, 6.07) is 6.00. The Bertz CT molecular complexity index is 563. The number of aromatic hydroxyl groups is 1. The van der Waals surface area contributed by atoms with E-state index in [1.807, 2.05) is 0 Å². The van der Waals surface area contributed by atoms with Crippen molar-refractivity contribution in [3.8, 4) is 5.75 Å². The topological polar surface area (TPSA) is 144 Å². The zero-order valence-corrected chi connectivity index (χ0v) is 12.4. The number of carboxylic acids is 2. The molecule has 0 saturated heterocycles. The molecule has 0 heterocycles. The van der Waals surface area contributed by atoms with Gasteiger partial charge in [-0.15, -0.1) is 0 Å². The normalized spacial score (nSPS) is 14.0. The van der Waals surface area contributed by atoms with Crippen LogP contribution in [0.15, 0.2) is 24.3 Å². The summed E-state index contributed by atoms with van der Waals surface area (Å²) in [5, 5.41) is 29.9. The highest BCUT2D eigenvalue weighted by atomic mass is 31.1. The molecule has 3 atom stereocenters. The molecule has 0 fully saturated rings. The van der Waals surface area contributed by atoms with E-state index >= 15 is 0 Å². The fourth-order valence-corrected chi connectivity index (χ4v) is 2.80. The molecule has 0 aliphatic rings. The van der Waals surface area contributed by atoms with Crippen LogP contribution < -0.4 is 5.32 Å². The minimum Gasteiger partial charge on any atom is -0.508 e. The zero-order chi connectivity index (χ0) is 16.7. The highest BCUT2D eigenvalue weighted by molar-refractivity contribution is 7.39. The highest BCUT2D eigenvalue weighted by Gasteiger charge is 2.42. The second-order valence-electron chi connectivity index (χ2n) is 4.68. The van der Waals surface area contributed by atoms with Crippen LogP contribution in [-0.4, -0.2) is 44.4 Å². The third kappa shape index (κ3) is 5.67. The number of phenols is 1. The number of anilines is 1. The van der Waals surface area contributed by atoms with Gasteiger partial charge < -0.3 is 20.6 Å². The van der Waals surface area contributed by atoms with Crippen LogP contribution in [-0.2, 0) is 14.2 Å². The van der Waals surface area contributed by atoms with Crippen molar-refractivity contribution in [1.82, 2.24) is 0 Å². The average Bonchev–Trinajstić information content (AvgIpc) is 2.41. The summed E-state index contributed by atoms with van der Waals surface area (Å²) < 4.78 is 11.4. The Balaban J connectivity index is 2.79. The van der Waals surface area contributed by atoms with Crippen LogP contribution in [0.2, 0.25) is 0 Å². The Morgan fingerprint density at radius 2 is 1.95 bits per heavy atom. The first-order valence-electron chi connectivity index (χ1n) is 6.44. The third-order valence-corrected chi connectivity index (χ3v) is 4.21. The van der Waals surface area contributed by atoms with E-state index in [1.165, 1.54) is 12.1 Å². The average molecular weight is 330 g/mol. The van der Waals surface area contributed by atoms with E-state index < -0.39 is 38.0 Å². The van der Waals surface area contributed by atoms with Crippen LogP contribution in [0, 0.1) is 5.92 Å². The second kappa shape index (κ2) is 8.31.